The number of hydrogen-bond acceptors (Lipinski definition) is 2. The van der Waals surface area contributed by atoms with Crippen LogP contribution in [0.2, 0.25) is 5.02 Å². The van der Waals surface area contributed by atoms with E-state index in [0.717, 1.165) is 0 Å². The summed E-state index contributed by atoms with van der Waals surface area (Å²) in [7, 11) is 1.43. The average Bonchev–Trinajstić information content (AvgIpc) is 1.92. The zero-order valence-corrected chi connectivity index (χ0v) is 9.51. The first-order valence-corrected chi connectivity index (χ1v) is 6.29. The number of halogens is 3. The van der Waals surface area contributed by atoms with Crippen molar-refractivity contribution in [3.8, 4) is 0 Å². The molecular weight excluding hydrogens is 287 g/mol. The van der Waals surface area contributed by atoms with Gasteiger partial charge in [-0.25, -0.2) is 8.42 Å². The fraction of sp³-hybridized carbons (Fsp3) is 0. The molecule has 0 saturated heterocycles. The molecule has 0 aromatic heterocycles. The fourth-order valence-corrected chi connectivity index (χ4v) is 2.05. The van der Waals surface area contributed by atoms with E-state index in [1.807, 2.05) is 0 Å². The topological polar surface area (TPSA) is 34.1 Å². The number of benzene rings is 1. The maximum absolute atomic E-state index is 10.8. The summed E-state index contributed by atoms with van der Waals surface area (Å²) in [6, 6.07) is 4.15. The van der Waals surface area contributed by atoms with Gasteiger partial charge in [-0.1, -0.05) is 11.6 Å². The van der Waals surface area contributed by atoms with E-state index in [4.69, 9.17) is 22.3 Å². The fourth-order valence-electron chi connectivity index (χ4n) is 0.629. The minimum absolute atomic E-state index is 0.0282. The maximum atomic E-state index is 10.8. The minimum Gasteiger partial charge on any atom is -0.207 e. The van der Waals surface area contributed by atoms with Gasteiger partial charge in [-0.05, 0) is 34.1 Å². The van der Waals surface area contributed by atoms with Crippen LogP contribution >= 0.6 is 38.2 Å². The van der Waals surface area contributed by atoms with Gasteiger partial charge in [0.15, 0.2) is 0 Å². The third kappa shape index (κ3) is 2.36. The van der Waals surface area contributed by atoms with E-state index in [9.17, 15) is 8.42 Å². The zero-order valence-electron chi connectivity index (χ0n) is 5.59. The molecule has 0 amide bonds. The molecule has 1 aromatic rings. The summed E-state index contributed by atoms with van der Waals surface area (Å²) in [5.74, 6) is 0. The predicted octanol–water partition coefficient (Wildman–Crippen LogP) is 3.03. The van der Waals surface area contributed by atoms with Gasteiger partial charge in [0.05, 0.1) is 9.92 Å². The monoisotopic (exact) mass is 288 g/mol. The van der Waals surface area contributed by atoms with Crippen LogP contribution in [0, 0.1) is 0 Å². The molecule has 0 N–H and O–H groups in total. The summed E-state index contributed by atoms with van der Waals surface area (Å²) in [5, 5.41) is 0.444. The molecule has 0 atom stereocenters. The molecule has 66 valence electrons. The van der Waals surface area contributed by atoms with Gasteiger partial charge in [-0.15, -0.1) is 0 Å². The zero-order chi connectivity index (χ0) is 9.35. The Balaban J connectivity index is 3.33. The van der Waals surface area contributed by atoms with Gasteiger partial charge in [0.1, 0.15) is 0 Å². The minimum atomic E-state index is -3.66. The molecule has 0 aliphatic carbocycles. The highest BCUT2D eigenvalue weighted by Crippen LogP contribution is 2.26. The van der Waals surface area contributed by atoms with Gasteiger partial charge in [-0.3, -0.25) is 0 Å². The Morgan fingerprint density at radius 1 is 1.33 bits per heavy atom. The Hall–Kier alpha value is 0.230. The van der Waals surface area contributed by atoms with E-state index >= 15 is 0 Å². The Morgan fingerprint density at radius 2 is 1.92 bits per heavy atom. The first kappa shape index (κ1) is 10.3. The van der Waals surface area contributed by atoms with E-state index in [1.54, 1.807) is 0 Å². The highest BCUT2D eigenvalue weighted by molar-refractivity contribution is 9.10. The molecular formula is C6H3BrCl2O2S. The lowest BCUT2D eigenvalue weighted by atomic mass is 10.4. The normalized spacial score (nSPS) is 11.6. The van der Waals surface area contributed by atoms with Crippen LogP contribution in [0.15, 0.2) is 27.6 Å². The van der Waals surface area contributed by atoms with Crippen LogP contribution in [0.5, 0.6) is 0 Å². The van der Waals surface area contributed by atoms with E-state index in [0.29, 0.717) is 9.50 Å². The Morgan fingerprint density at radius 3 is 2.33 bits per heavy atom. The van der Waals surface area contributed by atoms with Crippen LogP contribution in [0.4, 0.5) is 0 Å². The third-order valence-electron chi connectivity index (χ3n) is 1.17. The van der Waals surface area contributed by atoms with Crippen molar-refractivity contribution >= 4 is 47.3 Å². The van der Waals surface area contributed by atoms with Crippen molar-refractivity contribution in [3.05, 3.63) is 27.7 Å². The van der Waals surface area contributed by atoms with E-state index < -0.39 is 9.05 Å². The number of hydrogen-bond donors (Lipinski definition) is 0. The Bertz CT molecular complexity index is 402. The van der Waals surface area contributed by atoms with Gasteiger partial charge < -0.3 is 0 Å². The Labute approximate surface area is 88.0 Å². The second kappa shape index (κ2) is 3.54. The first-order valence-electron chi connectivity index (χ1n) is 2.81. The molecule has 0 bridgehead atoms. The molecule has 0 heterocycles. The van der Waals surface area contributed by atoms with Crippen LogP contribution in [0.25, 0.3) is 0 Å². The predicted molar refractivity (Wildman–Crippen MR) is 52.2 cm³/mol. The maximum Gasteiger partial charge on any atom is 0.261 e. The van der Waals surface area contributed by atoms with E-state index in [-0.39, 0.29) is 4.90 Å². The second-order valence-corrected chi connectivity index (χ2v) is 5.84. The summed E-state index contributed by atoms with van der Waals surface area (Å²) in [6.07, 6.45) is 0. The van der Waals surface area contributed by atoms with Crippen molar-refractivity contribution < 1.29 is 8.42 Å². The number of rotatable bonds is 1. The molecule has 1 aromatic carbocycles. The van der Waals surface area contributed by atoms with Gasteiger partial charge in [-0.2, -0.15) is 0 Å². The largest absolute Gasteiger partial charge is 0.261 e. The molecule has 0 aliphatic heterocycles. The average molecular weight is 290 g/mol. The molecule has 12 heavy (non-hydrogen) atoms. The van der Waals surface area contributed by atoms with Gasteiger partial charge >= 0.3 is 0 Å². The SMILES string of the molecule is O=S(=O)(Cl)c1ccc(Cl)c(Br)c1. The van der Waals surface area contributed by atoms with Crippen LogP contribution < -0.4 is 0 Å². The van der Waals surface area contributed by atoms with Crippen molar-refractivity contribution in [2.45, 2.75) is 4.90 Å². The van der Waals surface area contributed by atoms with Crippen LogP contribution in [0.3, 0.4) is 0 Å². The third-order valence-corrected chi connectivity index (χ3v) is 3.74. The summed E-state index contributed by atoms with van der Waals surface area (Å²) in [6.45, 7) is 0. The first-order chi connectivity index (χ1) is 5.41. The molecule has 1 rings (SSSR count). The molecule has 2 nitrogen and oxygen atoms in total. The standard InChI is InChI=1S/C6H3BrCl2O2S/c7-5-3-4(12(9,10)11)1-2-6(5)8/h1-3H. The van der Waals surface area contributed by atoms with Gasteiger partial charge in [0.25, 0.3) is 9.05 Å². The quantitative estimate of drug-likeness (QED) is 0.745. The van der Waals surface area contributed by atoms with Crippen molar-refractivity contribution in [2.24, 2.45) is 0 Å². The lowest BCUT2D eigenvalue weighted by Crippen LogP contribution is -1.89. The molecule has 0 saturated carbocycles. The van der Waals surface area contributed by atoms with Crippen LogP contribution in [-0.4, -0.2) is 8.42 Å². The smallest absolute Gasteiger partial charge is 0.207 e. The van der Waals surface area contributed by atoms with Crippen LogP contribution in [-0.2, 0) is 9.05 Å². The molecule has 0 radical (unpaired) electrons. The lowest BCUT2D eigenvalue weighted by molar-refractivity contribution is 0.609. The summed E-state index contributed by atoms with van der Waals surface area (Å²) >= 11 is 8.73. The summed E-state index contributed by atoms with van der Waals surface area (Å²) < 4.78 is 22.1. The van der Waals surface area contributed by atoms with E-state index in [1.165, 1.54) is 18.2 Å². The molecule has 0 aliphatic rings. The lowest BCUT2D eigenvalue weighted by Gasteiger charge is -1.98. The highest BCUT2D eigenvalue weighted by atomic mass is 79.9. The molecule has 0 unspecified atom stereocenters. The van der Waals surface area contributed by atoms with Gasteiger partial charge in [0, 0.05) is 15.2 Å². The highest BCUT2D eigenvalue weighted by Gasteiger charge is 2.10. The summed E-state index contributed by atoms with van der Waals surface area (Å²) in [4.78, 5) is 0.0282. The van der Waals surface area contributed by atoms with E-state index in [2.05, 4.69) is 15.9 Å². The molecule has 0 spiro atoms. The van der Waals surface area contributed by atoms with Gasteiger partial charge in [0.2, 0.25) is 0 Å². The molecule has 0 fully saturated rings. The Kier molecular flexibility index (Phi) is 3.04. The van der Waals surface area contributed by atoms with Crippen molar-refractivity contribution in [1.29, 1.82) is 0 Å². The second-order valence-electron chi connectivity index (χ2n) is 2.01. The van der Waals surface area contributed by atoms with Crippen molar-refractivity contribution in [1.82, 2.24) is 0 Å². The summed E-state index contributed by atoms with van der Waals surface area (Å²) in [5.41, 5.74) is 0. The van der Waals surface area contributed by atoms with Crippen LogP contribution in [0.1, 0.15) is 0 Å². The van der Waals surface area contributed by atoms with Crippen molar-refractivity contribution in [2.75, 3.05) is 0 Å². The van der Waals surface area contributed by atoms with Crippen molar-refractivity contribution in [3.63, 3.8) is 0 Å². The molecule has 6 heteroatoms.